The van der Waals surface area contributed by atoms with E-state index in [2.05, 4.69) is 10.3 Å². The van der Waals surface area contributed by atoms with Crippen LogP contribution in [0.15, 0.2) is 48.0 Å². The van der Waals surface area contributed by atoms with Crippen LogP contribution in [0.3, 0.4) is 0 Å². The van der Waals surface area contributed by atoms with Gasteiger partial charge >= 0.3 is 12.0 Å². The SMILES string of the molecule is O=C(O)C[C@@H](CC1CCCC1)C(=O)N(c1nc(-c2ccccc2-c2ccc(N3CCCNC3=O)nc2)cs1)C1CC1. The number of aromatic nitrogens is 2. The van der Waals surface area contributed by atoms with Crippen LogP contribution in [0, 0.1) is 11.8 Å². The van der Waals surface area contributed by atoms with Crippen LogP contribution < -0.4 is 15.1 Å². The molecule has 6 rings (SSSR count). The van der Waals surface area contributed by atoms with Crippen LogP contribution in [-0.4, -0.2) is 52.1 Å². The Labute approximate surface area is 243 Å². The number of pyridine rings is 1. The van der Waals surface area contributed by atoms with Crippen LogP contribution in [0.2, 0.25) is 0 Å². The number of benzene rings is 1. The van der Waals surface area contributed by atoms with Crippen LogP contribution in [0.5, 0.6) is 0 Å². The van der Waals surface area contributed by atoms with Gasteiger partial charge < -0.3 is 10.4 Å². The number of thiazole rings is 1. The van der Waals surface area contributed by atoms with Crippen molar-refractivity contribution in [1.29, 1.82) is 0 Å². The first-order valence-corrected chi connectivity index (χ1v) is 15.5. The van der Waals surface area contributed by atoms with E-state index in [1.807, 2.05) is 41.8 Å². The highest BCUT2D eigenvalue weighted by atomic mass is 32.1. The number of carbonyl (C=O) groups excluding carboxylic acids is 2. The van der Waals surface area contributed by atoms with Crippen molar-refractivity contribution in [2.45, 2.75) is 63.8 Å². The van der Waals surface area contributed by atoms with E-state index in [1.54, 1.807) is 16.0 Å². The Balaban J connectivity index is 1.25. The van der Waals surface area contributed by atoms with Crippen molar-refractivity contribution in [3.8, 4) is 22.4 Å². The maximum Gasteiger partial charge on any atom is 0.323 e. The number of amides is 3. The summed E-state index contributed by atoms with van der Waals surface area (Å²) in [5.74, 6) is -0.509. The predicted molar refractivity (Wildman–Crippen MR) is 159 cm³/mol. The Kier molecular flexibility index (Phi) is 8.00. The smallest absolute Gasteiger partial charge is 0.323 e. The maximum absolute atomic E-state index is 13.9. The van der Waals surface area contributed by atoms with Crippen LogP contribution in [0.1, 0.15) is 57.8 Å². The number of aliphatic carboxylic acids is 1. The van der Waals surface area contributed by atoms with Crippen LogP contribution >= 0.6 is 11.3 Å². The van der Waals surface area contributed by atoms with Crippen LogP contribution in [0.25, 0.3) is 22.4 Å². The third-order valence-electron chi connectivity index (χ3n) is 8.33. The second-order valence-corrected chi connectivity index (χ2v) is 12.2. The number of carbonyl (C=O) groups is 3. The van der Waals surface area contributed by atoms with Gasteiger partial charge in [0, 0.05) is 47.8 Å². The van der Waals surface area contributed by atoms with Crippen LogP contribution in [0.4, 0.5) is 15.7 Å². The number of carboxylic acid groups (broad SMARTS) is 1. The number of nitrogens with one attached hydrogen (secondary N) is 1. The summed E-state index contributed by atoms with van der Waals surface area (Å²) in [6, 6.07) is 11.8. The molecule has 2 aromatic heterocycles. The second kappa shape index (κ2) is 12.0. The predicted octanol–water partition coefficient (Wildman–Crippen LogP) is 5.96. The van der Waals surface area contributed by atoms with Gasteiger partial charge in [-0.1, -0.05) is 49.9 Å². The third kappa shape index (κ3) is 6.12. The molecule has 3 fully saturated rings. The van der Waals surface area contributed by atoms with Gasteiger partial charge in [-0.25, -0.2) is 14.8 Å². The quantitative estimate of drug-likeness (QED) is 0.309. The summed E-state index contributed by atoms with van der Waals surface area (Å²) < 4.78 is 0. The van der Waals surface area contributed by atoms with E-state index >= 15 is 0 Å². The molecule has 0 radical (unpaired) electrons. The molecular weight excluding hydrogens is 538 g/mol. The summed E-state index contributed by atoms with van der Waals surface area (Å²) in [6.45, 7) is 1.32. The summed E-state index contributed by atoms with van der Waals surface area (Å²) in [4.78, 5) is 50.8. The minimum Gasteiger partial charge on any atom is -0.481 e. The molecule has 0 spiro atoms. The molecule has 3 amide bonds. The molecule has 1 aromatic carbocycles. The number of anilines is 2. The lowest BCUT2D eigenvalue weighted by Crippen LogP contribution is -2.46. The van der Waals surface area contributed by atoms with Gasteiger partial charge in [-0.2, -0.15) is 0 Å². The van der Waals surface area contributed by atoms with Crippen molar-refractivity contribution in [1.82, 2.24) is 15.3 Å². The molecule has 1 saturated heterocycles. The van der Waals surface area contributed by atoms with Crippen molar-refractivity contribution in [2.75, 3.05) is 22.9 Å². The van der Waals surface area contributed by atoms with Gasteiger partial charge in [0.1, 0.15) is 5.82 Å². The van der Waals surface area contributed by atoms with Gasteiger partial charge in [-0.05, 0) is 49.3 Å². The number of hydrogen-bond acceptors (Lipinski definition) is 6. The lowest BCUT2D eigenvalue weighted by molar-refractivity contribution is -0.141. The largest absolute Gasteiger partial charge is 0.481 e. The zero-order valence-corrected chi connectivity index (χ0v) is 23.8. The summed E-state index contributed by atoms with van der Waals surface area (Å²) in [6.07, 6.45) is 9.45. The van der Waals surface area contributed by atoms with E-state index in [0.717, 1.165) is 67.3 Å². The number of hydrogen-bond donors (Lipinski definition) is 2. The Morgan fingerprint density at radius 3 is 2.54 bits per heavy atom. The first-order valence-electron chi connectivity index (χ1n) is 14.6. The standard InChI is InChI=1S/C31H35N5O4S/c37-28(38)17-22(16-20-6-1-2-7-20)29(39)36(23-11-12-23)31-34-26(19-41-31)25-9-4-3-8-24(25)21-10-13-27(33-18-21)35-15-5-14-32-30(35)40/h3-4,8-10,13,18-20,22-23H,1-2,5-7,11-12,14-17H2,(H,32,40)(H,37,38)/t22-/m1/s1. The number of carboxylic acids is 1. The summed E-state index contributed by atoms with van der Waals surface area (Å²) >= 11 is 1.43. The van der Waals surface area contributed by atoms with Gasteiger partial charge in [0.25, 0.3) is 0 Å². The van der Waals surface area contributed by atoms with Crippen molar-refractivity contribution in [3.63, 3.8) is 0 Å². The van der Waals surface area contributed by atoms with Crippen LogP contribution in [-0.2, 0) is 9.59 Å². The van der Waals surface area contributed by atoms with E-state index in [4.69, 9.17) is 4.98 Å². The fourth-order valence-electron chi connectivity index (χ4n) is 6.10. The number of urea groups is 1. The van der Waals surface area contributed by atoms with Gasteiger partial charge in [-0.3, -0.25) is 19.4 Å². The molecule has 2 aliphatic carbocycles. The molecule has 9 nitrogen and oxygen atoms in total. The Hall–Kier alpha value is -3.79. The normalized spacial score (nSPS) is 18.2. The van der Waals surface area contributed by atoms with E-state index in [9.17, 15) is 19.5 Å². The lowest BCUT2D eigenvalue weighted by atomic mass is 9.90. The van der Waals surface area contributed by atoms with Crippen molar-refractivity contribution < 1.29 is 19.5 Å². The fourth-order valence-corrected chi connectivity index (χ4v) is 7.00. The molecule has 3 heterocycles. The Morgan fingerprint density at radius 1 is 1.07 bits per heavy atom. The number of nitrogens with zero attached hydrogens (tertiary/aromatic N) is 4. The monoisotopic (exact) mass is 573 g/mol. The van der Waals surface area contributed by atoms with E-state index in [1.165, 1.54) is 11.3 Å². The number of rotatable bonds is 10. The lowest BCUT2D eigenvalue weighted by Gasteiger charge is -2.26. The van der Waals surface area contributed by atoms with Gasteiger partial charge in [0.15, 0.2) is 5.13 Å². The molecule has 1 atom stereocenters. The molecule has 0 bridgehead atoms. The minimum absolute atomic E-state index is 0.0837. The minimum atomic E-state index is -0.925. The van der Waals surface area contributed by atoms with E-state index in [0.29, 0.717) is 36.4 Å². The van der Waals surface area contributed by atoms with E-state index in [-0.39, 0.29) is 24.4 Å². The molecule has 3 aliphatic rings. The van der Waals surface area contributed by atoms with E-state index < -0.39 is 11.9 Å². The molecule has 10 heteroatoms. The molecule has 2 N–H and O–H groups in total. The maximum atomic E-state index is 13.9. The highest BCUT2D eigenvalue weighted by Gasteiger charge is 2.40. The Bertz CT molecular complexity index is 1410. The molecular formula is C31H35N5O4S. The molecule has 0 unspecified atom stereocenters. The second-order valence-electron chi connectivity index (χ2n) is 11.3. The summed E-state index contributed by atoms with van der Waals surface area (Å²) in [5, 5.41) is 15.1. The molecule has 2 saturated carbocycles. The average Bonchev–Trinajstić information content (AvgIpc) is 3.45. The topological polar surface area (TPSA) is 116 Å². The highest BCUT2D eigenvalue weighted by molar-refractivity contribution is 7.14. The zero-order valence-electron chi connectivity index (χ0n) is 23.0. The van der Waals surface area contributed by atoms with Crippen molar-refractivity contribution >= 4 is 40.2 Å². The molecule has 214 valence electrons. The zero-order chi connectivity index (χ0) is 28.3. The first-order chi connectivity index (χ1) is 20.0. The van der Waals surface area contributed by atoms with Gasteiger partial charge in [-0.15, -0.1) is 11.3 Å². The van der Waals surface area contributed by atoms with Crippen molar-refractivity contribution in [3.05, 3.63) is 48.0 Å². The molecule has 3 aromatic rings. The molecule has 1 aliphatic heterocycles. The van der Waals surface area contributed by atoms with Crippen molar-refractivity contribution in [2.24, 2.45) is 11.8 Å². The summed E-state index contributed by atoms with van der Waals surface area (Å²) in [5.41, 5.74) is 3.56. The average molecular weight is 574 g/mol. The molecule has 41 heavy (non-hydrogen) atoms. The summed E-state index contributed by atoms with van der Waals surface area (Å²) in [7, 11) is 0. The third-order valence-corrected chi connectivity index (χ3v) is 9.17. The fraction of sp³-hybridized carbons (Fsp3) is 0.452. The first kappa shape index (κ1) is 27.4. The van der Waals surface area contributed by atoms with Gasteiger partial charge in [0.05, 0.1) is 12.1 Å². The Morgan fingerprint density at radius 2 is 1.85 bits per heavy atom. The van der Waals surface area contributed by atoms with Gasteiger partial charge in [0.2, 0.25) is 5.91 Å². The highest BCUT2D eigenvalue weighted by Crippen LogP contribution is 2.40.